The summed E-state index contributed by atoms with van der Waals surface area (Å²) in [6.07, 6.45) is 10.7. The van der Waals surface area contributed by atoms with E-state index in [1.165, 1.54) is 83.5 Å². The first-order chi connectivity index (χ1) is 45.8. The minimum atomic E-state index is 0.105. The Hall–Kier alpha value is -8.47. The maximum Gasteiger partial charge on any atom is 0.253 e. The predicted molar refractivity (Wildman–Crippen MR) is 395 cm³/mol. The van der Waals surface area contributed by atoms with Crippen molar-refractivity contribution < 1.29 is 14.4 Å². The Balaban J connectivity index is 0.000000182. The van der Waals surface area contributed by atoms with Crippen molar-refractivity contribution in [2.45, 2.75) is 107 Å². The maximum atomic E-state index is 12.8. The molecule has 3 amide bonds. The SMILES string of the molecule is C=CCN1CCC(=C(c2ccccc2)c2ccc(C(=O)N(CC)CC)cc2)CC1.CCN(CC)C(=O)c1ccc(C(=C2CCN(CC=C(C)C)CC2)c2ccccc2)cc1.CCN(CC)C(=O)c1ccc(C(=C2CCN(Cc3ccccc3)CC2)c2ccc(C)cc2)cc1. The molecule has 10 rings (SSSR count). The summed E-state index contributed by atoms with van der Waals surface area (Å²) in [5.41, 5.74) is 22.2. The van der Waals surface area contributed by atoms with Crippen molar-refractivity contribution in [3.63, 3.8) is 0 Å². The molecule has 0 bridgehead atoms. The summed E-state index contributed by atoms with van der Waals surface area (Å²) in [7, 11) is 0. The molecule has 0 atom stereocenters. The fourth-order valence-corrected chi connectivity index (χ4v) is 13.2. The monoisotopic (exact) mass is 1260 g/mol. The summed E-state index contributed by atoms with van der Waals surface area (Å²) in [6.45, 7) is 36.3. The zero-order valence-corrected chi connectivity index (χ0v) is 58.0. The predicted octanol–water partition coefficient (Wildman–Crippen LogP) is 17.9. The average molecular weight is 1260 g/mol. The lowest BCUT2D eigenvalue weighted by molar-refractivity contribution is 0.0765. The van der Waals surface area contributed by atoms with E-state index < -0.39 is 0 Å². The minimum Gasteiger partial charge on any atom is -0.339 e. The van der Waals surface area contributed by atoms with E-state index in [0.29, 0.717) is 0 Å². The number of hydrogen-bond acceptors (Lipinski definition) is 6. The molecule has 9 heteroatoms. The quantitative estimate of drug-likeness (QED) is 0.0668. The van der Waals surface area contributed by atoms with Gasteiger partial charge in [-0.1, -0.05) is 192 Å². The molecule has 94 heavy (non-hydrogen) atoms. The van der Waals surface area contributed by atoms with Crippen LogP contribution in [0.5, 0.6) is 0 Å². The number of amides is 3. The summed E-state index contributed by atoms with van der Waals surface area (Å²) in [5, 5.41) is 0. The highest BCUT2D eigenvalue weighted by Crippen LogP contribution is 2.36. The van der Waals surface area contributed by atoms with Crippen LogP contribution in [-0.2, 0) is 6.54 Å². The van der Waals surface area contributed by atoms with Gasteiger partial charge in [-0.25, -0.2) is 0 Å². The smallest absolute Gasteiger partial charge is 0.253 e. The Labute approximate surface area is 564 Å². The van der Waals surface area contributed by atoms with Crippen molar-refractivity contribution in [3.05, 3.63) is 290 Å². The van der Waals surface area contributed by atoms with Gasteiger partial charge in [-0.05, 0) is 193 Å². The second-order valence-corrected chi connectivity index (χ2v) is 25.1. The van der Waals surface area contributed by atoms with Crippen molar-refractivity contribution in [2.24, 2.45) is 0 Å². The number of aryl methyl sites for hydroxylation is 1. The van der Waals surface area contributed by atoms with Crippen molar-refractivity contribution in [1.82, 2.24) is 29.4 Å². The molecule has 0 aromatic heterocycles. The molecule has 7 aromatic carbocycles. The zero-order valence-electron chi connectivity index (χ0n) is 58.0. The molecular formula is C85H104N6O3. The van der Waals surface area contributed by atoms with Crippen LogP contribution in [0.2, 0.25) is 0 Å². The summed E-state index contributed by atoms with van der Waals surface area (Å²) >= 11 is 0. The average Bonchev–Trinajstić information content (AvgIpc) is 0.846. The van der Waals surface area contributed by atoms with E-state index in [4.69, 9.17) is 0 Å². The van der Waals surface area contributed by atoms with Crippen LogP contribution in [-0.4, -0.2) is 139 Å². The molecule has 3 aliphatic heterocycles. The first-order valence-electron chi connectivity index (χ1n) is 34.8. The fraction of sp³-hybridized carbons (Fsp3) is 0.353. The highest BCUT2D eigenvalue weighted by molar-refractivity contribution is 5.97. The first kappa shape index (κ1) is 71.4. The van der Waals surface area contributed by atoms with Gasteiger partial charge in [-0.3, -0.25) is 29.1 Å². The van der Waals surface area contributed by atoms with Crippen molar-refractivity contribution >= 4 is 34.4 Å². The number of carbonyl (C=O) groups excluding carboxylic acids is 3. The maximum absolute atomic E-state index is 12.8. The number of nitrogens with zero attached hydrogens (tertiary/aromatic N) is 6. The van der Waals surface area contributed by atoms with Crippen LogP contribution >= 0.6 is 0 Å². The van der Waals surface area contributed by atoms with Gasteiger partial charge in [0.25, 0.3) is 17.7 Å². The Bertz CT molecular complexity index is 3620. The molecule has 0 aliphatic carbocycles. The Morgan fingerprint density at radius 2 is 0.628 bits per heavy atom. The molecule has 0 radical (unpaired) electrons. The second-order valence-electron chi connectivity index (χ2n) is 25.1. The highest BCUT2D eigenvalue weighted by atomic mass is 16.2. The highest BCUT2D eigenvalue weighted by Gasteiger charge is 2.24. The molecule has 0 N–H and O–H groups in total. The number of rotatable bonds is 21. The summed E-state index contributed by atoms with van der Waals surface area (Å²) in [4.78, 5) is 51.3. The van der Waals surface area contributed by atoms with Gasteiger partial charge in [-0.2, -0.15) is 0 Å². The van der Waals surface area contributed by atoms with Crippen LogP contribution in [0.1, 0.15) is 169 Å². The van der Waals surface area contributed by atoms with Gasteiger partial charge in [0.2, 0.25) is 0 Å². The Kier molecular flexibility index (Phi) is 28.0. The van der Waals surface area contributed by atoms with E-state index in [1.807, 2.05) is 98.7 Å². The van der Waals surface area contributed by atoms with Crippen molar-refractivity contribution in [1.29, 1.82) is 0 Å². The van der Waals surface area contributed by atoms with Gasteiger partial charge in [0.1, 0.15) is 0 Å². The van der Waals surface area contributed by atoms with E-state index in [1.54, 1.807) is 0 Å². The summed E-state index contributed by atoms with van der Waals surface area (Å²) in [6, 6.07) is 65.6. The van der Waals surface area contributed by atoms with Crippen LogP contribution in [0.15, 0.2) is 229 Å². The van der Waals surface area contributed by atoms with E-state index in [9.17, 15) is 14.4 Å². The number of allylic oxidation sites excluding steroid dienone is 1. The molecule has 0 saturated carbocycles. The van der Waals surface area contributed by atoms with Crippen LogP contribution in [0, 0.1) is 6.92 Å². The molecule has 9 nitrogen and oxygen atoms in total. The van der Waals surface area contributed by atoms with Crippen LogP contribution < -0.4 is 0 Å². The standard InChI is InChI=1S/C31H36N2O.C28H36N2O.C26H32N2O/c1-4-33(5-2)31(34)29-17-15-27(16-18-29)30(26-13-11-24(3)12-14-26)28-19-21-32(22-20-28)23-25-9-7-6-8-10-25;1-5-30(6-2)28(31)26-14-12-24(13-15-26)27(23-10-8-7-9-11-23)25-17-20-29(21-18-25)19-16-22(3)4;1-4-18-27-19-16-23(17-20-27)25(21-10-8-7-9-11-21)22-12-14-24(15-13-22)26(29)28(5-2)6-3/h6-18H,4-5,19-23H2,1-3H3;7-16H,5-6,17-21H2,1-4H3;4,7-15H,1,5-6,16-20H2,2-3H3. The number of likely N-dealkylation sites (tertiary alicyclic amines) is 3. The third kappa shape index (κ3) is 19.8. The first-order valence-corrected chi connectivity index (χ1v) is 34.8. The van der Waals surface area contributed by atoms with Crippen LogP contribution in [0.25, 0.3) is 16.7 Å². The second kappa shape index (κ2) is 36.8. The lowest BCUT2D eigenvalue weighted by atomic mass is 9.87. The summed E-state index contributed by atoms with van der Waals surface area (Å²) < 4.78 is 0. The number of benzene rings is 7. The molecule has 3 aliphatic rings. The molecule has 0 spiro atoms. The van der Waals surface area contributed by atoms with Crippen molar-refractivity contribution in [3.8, 4) is 0 Å². The van der Waals surface area contributed by atoms with E-state index in [2.05, 4.69) is 200 Å². The molecule has 3 fully saturated rings. The zero-order chi connectivity index (χ0) is 66.8. The Morgan fingerprint density at radius 3 is 0.926 bits per heavy atom. The van der Waals surface area contributed by atoms with E-state index in [-0.39, 0.29) is 17.7 Å². The largest absolute Gasteiger partial charge is 0.339 e. The van der Waals surface area contributed by atoms with Gasteiger partial charge >= 0.3 is 0 Å². The van der Waals surface area contributed by atoms with Gasteiger partial charge in [0.05, 0.1) is 0 Å². The third-order valence-electron chi connectivity index (χ3n) is 18.7. The van der Waals surface area contributed by atoms with Crippen LogP contribution in [0.4, 0.5) is 0 Å². The molecule has 0 unspecified atom stereocenters. The van der Waals surface area contributed by atoms with Gasteiger partial charge in [0, 0.05) is 115 Å². The minimum absolute atomic E-state index is 0.105. The fourth-order valence-electron chi connectivity index (χ4n) is 13.2. The molecular weight excluding hydrogens is 1150 g/mol. The lowest BCUT2D eigenvalue weighted by Crippen LogP contribution is -2.31. The number of piperidine rings is 3. The van der Waals surface area contributed by atoms with Gasteiger partial charge in [0.15, 0.2) is 0 Å². The topological polar surface area (TPSA) is 70.7 Å². The molecule has 3 heterocycles. The van der Waals surface area contributed by atoms with Gasteiger partial charge in [-0.15, -0.1) is 6.58 Å². The summed E-state index contributed by atoms with van der Waals surface area (Å²) in [5.74, 6) is 0.321. The van der Waals surface area contributed by atoms with Gasteiger partial charge < -0.3 is 14.7 Å². The molecule has 492 valence electrons. The third-order valence-corrected chi connectivity index (χ3v) is 18.7. The van der Waals surface area contributed by atoms with Crippen LogP contribution in [0.3, 0.4) is 0 Å². The molecule has 7 aromatic rings. The number of carbonyl (C=O) groups is 3. The Morgan fingerprint density at radius 1 is 0.362 bits per heavy atom. The normalized spacial score (nSPS) is 14.3. The van der Waals surface area contributed by atoms with Crippen molar-refractivity contribution in [2.75, 3.05) is 91.6 Å². The number of hydrogen-bond donors (Lipinski definition) is 0. The van der Waals surface area contributed by atoms with E-state index >= 15 is 0 Å². The van der Waals surface area contributed by atoms with E-state index in [0.717, 1.165) is 153 Å². The molecule has 3 saturated heterocycles. The lowest BCUT2D eigenvalue weighted by Gasteiger charge is -2.30.